The van der Waals surface area contributed by atoms with Crippen molar-refractivity contribution in [3.8, 4) is 0 Å². The molecule has 4 nitrogen and oxygen atoms in total. The van der Waals surface area contributed by atoms with Crippen molar-refractivity contribution < 1.29 is 4.74 Å². The van der Waals surface area contributed by atoms with Crippen LogP contribution in [-0.4, -0.2) is 31.3 Å². The number of hydrogen-bond acceptors (Lipinski definition) is 5. The van der Waals surface area contributed by atoms with Crippen LogP contribution in [0.25, 0.3) is 0 Å². The molecule has 0 atom stereocenters. The van der Waals surface area contributed by atoms with Crippen molar-refractivity contribution in [1.29, 1.82) is 0 Å². The van der Waals surface area contributed by atoms with Gasteiger partial charge >= 0.3 is 0 Å². The van der Waals surface area contributed by atoms with Gasteiger partial charge in [0.2, 0.25) is 0 Å². The topological polar surface area (TPSA) is 60.2 Å². The van der Waals surface area contributed by atoms with Crippen molar-refractivity contribution in [2.75, 3.05) is 31.6 Å². The number of thiazole rings is 1. The molecular formula is C12H23N3OS. The highest BCUT2D eigenvalue weighted by molar-refractivity contribution is 7.13. The van der Waals surface area contributed by atoms with E-state index in [1.807, 2.05) is 0 Å². The summed E-state index contributed by atoms with van der Waals surface area (Å²) < 4.78 is 5.48. The highest BCUT2D eigenvalue weighted by atomic mass is 32.1. The van der Waals surface area contributed by atoms with Crippen molar-refractivity contribution >= 4 is 16.5 Å². The van der Waals surface area contributed by atoms with Crippen LogP contribution in [0.1, 0.15) is 31.9 Å². The van der Waals surface area contributed by atoms with E-state index < -0.39 is 0 Å². The lowest BCUT2D eigenvalue weighted by molar-refractivity contribution is 0.131. The number of rotatable bonds is 10. The summed E-state index contributed by atoms with van der Waals surface area (Å²) in [4.78, 5) is 4.43. The van der Waals surface area contributed by atoms with Gasteiger partial charge < -0.3 is 15.8 Å². The fourth-order valence-electron chi connectivity index (χ4n) is 1.37. The molecule has 0 aliphatic heterocycles. The molecule has 0 fully saturated rings. The Morgan fingerprint density at radius 3 is 3.00 bits per heavy atom. The van der Waals surface area contributed by atoms with Crippen LogP contribution in [0.5, 0.6) is 0 Å². The minimum absolute atomic E-state index is 0.661. The lowest BCUT2D eigenvalue weighted by Crippen LogP contribution is -2.07. The third-order valence-corrected chi connectivity index (χ3v) is 3.18. The predicted octanol–water partition coefficient (Wildman–Crippen LogP) is 2.26. The van der Waals surface area contributed by atoms with Crippen LogP contribution in [0.3, 0.4) is 0 Å². The number of ether oxygens (including phenoxy) is 1. The first kappa shape index (κ1) is 14.4. The van der Waals surface area contributed by atoms with E-state index in [2.05, 4.69) is 22.6 Å². The number of unbranched alkanes of at least 4 members (excludes halogenated alkanes) is 1. The molecule has 0 saturated heterocycles. The molecule has 0 spiro atoms. The fourth-order valence-corrected chi connectivity index (χ4v) is 2.14. The number of anilines is 1. The van der Waals surface area contributed by atoms with Crippen LogP contribution in [0.15, 0.2) is 5.38 Å². The Morgan fingerprint density at radius 2 is 2.24 bits per heavy atom. The highest BCUT2D eigenvalue weighted by Crippen LogP contribution is 2.15. The largest absolute Gasteiger partial charge is 0.381 e. The first-order valence-electron chi connectivity index (χ1n) is 6.33. The molecule has 0 aliphatic rings. The Bertz CT molecular complexity index is 291. The number of nitrogens with zero attached hydrogens (tertiary/aromatic N) is 1. The molecule has 17 heavy (non-hydrogen) atoms. The van der Waals surface area contributed by atoms with Gasteiger partial charge in [-0.3, -0.25) is 0 Å². The molecule has 0 unspecified atom stereocenters. The third-order valence-electron chi connectivity index (χ3n) is 2.34. The zero-order chi connectivity index (χ0) is 12.3. The maximum Gasteiger partial charge on any atom is 0.182 e. The van der Waals surface area contributed by atoms with E-state index >= 15 is 0 Å². The van der Waals surface area contributed by atoms with Crippen molar-refractivity contribution in [2.24, 2.45) is 5.73 Å². The van der Waals surface area contributed by atoms with E-state index in [1.54, 1.807) is 11.3 Å². The average molecular weight is 257 g/mol. The molecule has 1 aromatic rings. The van der Waals surface area contributed by atoms with Crippen molar-refractivity contribution in [2.45, 2.75) is 32.6 Å². The minimum atomic E-state index is 0.661. The van der Waals surface area contributed by atoms with Gasteiger partial charge in [-0.25, -0.2) is 4.98 Å². The van der Waals surface area contributed by atoms with Crippen LogP contribution in [0.4, 0.5) is 5.13 Å². The van der Waals surface area contributed by atoms with Crippen LogP contribution in [-0.2, 0) is 11.2 Å². The minimum Gasteiger partial charge on any atom is -0.381 e. The summed E-state index contributed by atoms with van der Waals surface area (Å²) in [5.74, 6) is 0. The van der Waals surface area contributed by atoms with Crippen LogP contribution >= 0.6 is 11.3 Å². The van der Waals surface area contributed by atoms with Crippen LogP contribution in [0, 0.1) is 0 Å². The Morgan fingerprint density at radius 1 is 1.41 bits per heavy atom. The van der Waals surface area contributed by atoms with Gasteiger partial charge in [-0.15, -0.1) is 11.3 Å². The first-order chi connectivity index (χ1) is 8.36. The number of nitrogens with one attached hydrogen (secondary N) is 1. The molecule has 3 N–H and O–H groups in total. The molecule has 0 radical (unpaired) electrons. The van der Waals surface area contributed by atoms with E-state index in [4.69, 9.17) is 10.5 Å². The first-order valence-corrected chi connectivity index (χ1v) is 7.21. The molecule has 0 aliphatic carbocycles. The molecule has 1 aromatic heterocycles. The van der Waals surface area contributed by atoms with Gasteiger partial charge in [-0.2, -0.15) is 0 Å². The molecular weight excluding hydrogens is 234 g/mol. The number of hydrogen-bond donors (Lipinski definition) is 2. The van der Waals surface area contributed by atoms with Crippen molar-refractivity contribution in [3.63, 3.8) is 0 Å². The number of aromatic nitrogens is 1. The average Bonchev–Trinajstić information content (AvgIpc) is 2.76. The summed E-state index contributed by atoms with van der Waals surface area (Å²) in [6, 6.07) is 0. The Labute approximate surface area is 108 Å². The maximum absolute atomic E-state index is 5.48. The SMILES string of the molecule is CCCCOCCCNc1nc(CCN)cs1. The highest BCUT2D eigenvalue weighted by Gasteiger charge is 1.99. The molecule has 0 bridgehead atoms. The second-order valence-corrected chi connectivity index (χ2v) is 4.79. The summed E-state index contributed by atoms with van der Waals surface area (Å²) in [7, 11) is 0. The Hall–Kier alpha value is -0.650. The van der Waals surface area contributed by atoms with Gasteiger partial charge in [-0.05, 0) is 19.4 Å². The van der Waals surface area contributed by atoms with Gasteiger partial charge in [0, 0.05) is 31.6 Å². The van der Waals surface area contributed by atoms with E-state index in [0.29, 0.717) is 6.54 Å². The van der Waals surface area contributed by atoms with E-state index in [9.17, 15) is 0 Å². The molecule has 0 amide bonds. The Kier molecular flexibility index (Phi) is 7.96. The van der Waals surface area contributed by atoms with E-state index in [1.165, 1.54) is 6.42 Å². The summed E-state index contributed by atoms with van der Waals surface area (Å²) >= 11 is 1.64. The van der Waals surface area contributed by atoms with Gasteiger partial charge in [0.25, 0.3) is 0 Å². The van der Waals surface area contributed by atoms with Crippen LogP contribution < -0.4 is 11.1 Å². The predicted molar refractivity (Wildman–Crippen MR) is 73.7 cm³/mol. The smallest absolute Gasteiger partial charge is 0.182 e. The molecule has 98 valence electrons. The zero-order valence-corrected chi connectivity index (χ0v) is 11.4. The van der Waals surface area contributed by atoms with Gasteiger partial charge in [-0.1, -0.05) is 13.3 Å². The second kappa shape index (κ2) is 9.39. The van der Waals surface area contributed by atoms with Gasteiger partial charge in [0.05, 0.1) is 5.69 Å². The normalized spacial score (nSPS) is 10.7. The number of nitrogens with two attached hydrogens (primary N) is 1. The van der Waals surface area contributed by atoms with Crippen molar-refractivity contribution in [1.82, 2.24) is 4.98 Å². The standard InChI is InChI=1S/C12H23N3OS/c1-2-3-8-16-9-4-7-14-12-15-11(5-6-13)10-17-12/h10H,2-9,13H2,1H3,(H,14,15). The molecule has 0 saturated carbocycles. The summed E-state index contributed by atoms with van der Waals surface area (Å²) in [6.45, 7) is 5.46. The lowest BCUT2D eigenvalue weighted by Gasteiger charge is -2.04. The van der Waals surface area contributed by atoms with Gasteiger partial charge in [0.15, 0.2) is 5.13 Å². The summed E-state index contributed by atoms with van der Waals surface area (Å²) in [5.41, 5.74) is 6.56. The molecule has 5 heteroatoms. The lowest BCUT2D eigenvalue weighted by atomic mass is 10.3. The summed E-state index contributed by atoms with van der Waals surface area (Å²) in [5, 5.41) is 6.35. The van der Waals surface area contributed by atoms with E-state index in [-0.39, 0.29) is 0 Å². The summed E-state index contributed by atoms with van der Waals surface area (Å²) in [6.07, 6.45) is 4.23. The third kappa shape index (κ3) is 6.61. The van der Waals surface area contributed by atoms with Gasteiger partial charge in [0.1, 0.15) is 0 Å². The quantitative estimate of drug-likeness (QED) is 0.631. The van der Waals surface area contributed by atoms with E-state index in [0.717, 1.165) is 49.8 Å². The molecule has 0 aromatic carbocycles. The second-order valence-electron chi connectivity index (χ2n) is 3.93. The zero-order valence-electron chi connectivity index (χ0n) is 10.6. The monoisotopic (exact) mass is 257 g/mol. The fraction of sp³-hybridized carbons (Fsp3) is 0.750. The molecule has 1 heterocycles. The van der Waals surface area contributed by atoms with Crippen molar-refractivity contribution in [3.05, 3.63) is 11.1 Å². The molecule has 1 rings (SSSR count). The maximum atomic E-state index is 5.48. The Balaban J connectivity index is 2.01. The van der Waals surface area contributed by atoms with Crippen LogP contribution in [0.2, 0.25) is 0 Å².